The van der Waals surface area contributed by atoms with Crippen LogP contribution in [0.25, 0.3) is 6.08 Å². The molecule has 0 aliphatic carbocycles. The van der Waals surface area contributed by atoms with Gasteiger partial charge in [-0.2, -0.15) is 0 Å². The normalized spacial score (nSPS) is 15.8. The van der Waals surface area contributed by atoms with Gasteiger partial charge in [-0.1, -0.05) is 0 Å². The van der Waals surface area contributed by atoms with Crippen LogP contribution in [-0.2, 0) is 14.6 Å². The minimum Gasteiger partial charge on any atom is -0.465 e. The number of carbonyl (C=O) groups is 1. The van der Waals surface area contributed by atoms with Crippen LogP contribution in [0.1, 0.15) is 5.76 Å². The first-order valence-corrected chi connectivity index (χ1v) is 8.51. The predicted octanol–water partition coefficient (Wildman–Crippen LogP) is 2.12. The van der Waals surface area contributed by atoms with E-state index in [1.807, 2.05) is 0 Å². The van der Waals surface area contributed by atoms with E-state index < -0.39 is 20.9 Å². The molecule has 3 rings (SSSR count). The third kappa shape index (κ3) is 3.19. The molecule has 0 spiro atoms. The van der Waals surface area contributed by atoms with Crippen molar-refractivity contribution in [3.8, 4) is 0 Å². The molecule has 1 fully saturated rings. The summed E-state index contributed by atoms with van der Waals surface area (Å²) in [4.78, 5) is 13.4. The van der Waals surface area contributed by atoms with E-state index in [0.29, 0.717) is 5.76 Å². The second-order valence-electron chi connectivity index (χ2n) is 5.21. The highest BCUT2D eigenvalue weighted by Crippen LogP contribution is 2.24. The summed E-state index contributed by atoms with van der Waals surface area (Å²) in [6.07, 6.45) is 4.38. The van der Waals surface area contributed by atoms with Crippen molar-refractivity contribution >= 4 is 21.8 Å². The standard InChI is InChI=1S/C16H14FNO4S/c17-12-3-6-14(7-4-12)23(20,21)15-10-18(11-15)16(19)8-5-13-2-1-9-22-13/h1-9,15H,10-11H2/b8-5+. The smallest absolute Gasteiger partial charge is 0.246 e. The lowest BCUT2D eigenvalue weighted by Crippen LogP contribution is -2.56. The number of halogens is 1. The first-order valence-electron chi connectivity index (χ1n) is 6.97. The average molecular weight is 335 g/mol. The summed E-state index contributed by atoms with van der Waals surface area (Å²) in [5.74, 6) is -0.209. The number of furan rings is 1. The van der Waals surface area contributed by atoms with Gasteiger partial charge in [0.25, 0.3) is 0 Å². The summed E-state index contributed by atoms with van der Waals surface area (Å²) in [6, 6.07) is 8.12. The van der Waals surface area contributed by atoms with Crippen molar-refractivity contribution in [2.45, 2.75) is 10.1 Å². The Morgan fingerprint density at radius 2 is 1.91 bits per heavy atom. The molecule has 0 saturated carbocycles. The number of rotatable bonds is 4. The van der Waals surface area contributed by atoms with Crippen molar-refractivity contribution < 1.29 is 22.0 Å². The molecule has 2 heterocycles. The summed E-state index contributed by atoms with van der Waals surface area (Å²) in [7, 11) is -3.55. The van der Waals surface area contributed by atoms with Crippen LogP contribution in [-0.4, -0.2) is 37.6 Å². The number of carbonyl (C=O) groups excluding carboxylic acids is 1. The molecule has 0 radical (unpaired) electrons. The number of nitrogens with zero attached hydrogens (tertiary/aromatic N) is 1. The lowest BCUT2D eigenvalue weighted by molar-refractivity contribution is -0.128. The highest BCUT2D eigenvalue weighted by molar-refractivity contribution is 7.92. The van der Waals surface area contributed by atoms with Gasteiger partial charge in [-0.3, -0.25) is 4.79 Å². The van der Waals surface area contributed by atoms with Crippen LogP contribution in [0.15, 0.2) is 58.1 Å². The zero-order chi connectivity index (χ0) is 16.4. The number of benzene rings is 1. The SMILES string of the molecule is O=C(/C=C/c1ccco1)N1CC(S(=O)(=O)c2ccc(F)cc2)C1. The third-order valence-electron chi connectivity index (χ3n) is 3.67. The molecule has 1 saturated heterocycles. The summed E-state index contributed by atoms with van der Waals surface area (Å²) in [6.45, 7) is 0.252. The highest BCUT2D eigenvalue weighted by Gasteiger charge is 2.39. The van der Waals surface area contributed by atoms with Crippen molar-refractivity contribution in [3.63, 3.8) is 0 Å². The summed E-state index contributed by atoms with van der Waals surface area (Å²) >= 11 is 0. The monoisotopic (exact) mass is 335 g/mol. The molecular weight excluding hydrogens is 321 g/mol. The predicted molar refractivity (Wildman–Crippen MR) is 81.7 cm³/mol. The molecule has 1 aliphatic heterocycles. The Morgan fingerprint density at radius 1 is 1.22 bits per heavy atom. The Hall–Kier alpha value is -2.41. The first kappa shape index (κ1) is 15.5. The number of hydrogen-bond acceptors (Lipinski definition) is 4. The maximum Gasteiger partial charge on any atom is 0.246 e. The van der Waals surface area contributed by atoms with E-state index in [2.05, 4.69) is 0 Å². The molecule has 1 amide bonds. The molecule has 1 aromatic carbocycles. The van der Waals surface area contributed by atoms with Gasteiger partial charge in [0, 0.05) is 19.2 Å². The summed E-state index contributed by atoms with van der Waals surface area (Å²) in [5, 5.41) is -0.658. The maximum absolute atomic E-state index is 12.9. The van der Waals surface area contributed by atoms with Gasteiger partial charge < -0.3 is 9.32 Å². The van der Waals surface area contributed by atoms with Crippen molar-refractivity contribution in [3.05, 3.63) is 60.3 Å². The number of hydrogen-bond donors (Lipinski definition) is 0. The number of amides is 1. The fourth-order valence-electron chi connectivity index (χ4n) is 2.28. The van der Waals surface area contributed by atoms with E-state index in [4.69, 9.17) is 4.42 Å². The molecular formula is C16H14FNO4S. The molecule has 0 N–H and O–H groups in total. The Balaban J connectivity index is 1.62. The van der Waals surface area contributed by atoms with Crippen molar-refractivity contribution in [2.75, 3.05) is 13.1 Å². The molecule has 0 unspecified atom stereocenters. The summed E-state index contributed by atoms with van der Waals surface area (Å²) < 4.78 is 42.6. The second-order valence-corrected chi connectivity index (χ2v) is 7.44. The first-order chi connectivity index (χ1) is 11.0. The zero-order valence-electron chi connectivity index (χ0n) is 12.1. The van der Waals surface area contributed by atoms with Gasteiger partial charge in [0.05, 0.1) is 11.2 Å². The Kier molecular flexibility index (Phi) is 4.04. The van der Waals surface area contributed by atoms with Crippen LogP contribution >= 0.6 is 0 Å². The van der Waals surface area contributed by atoms with E-state index in [0.717, 1.165) is 12.1 Å². The number of sulfone groups is 1. The van der Waals surface area contributed by atoms with Crippen LogP contribution in [0.4, 0.5) is 4.39 Å². The molecule has 7 heteroatoms. The highest BCUT2D eigenvalue weighted by atomic mass is 32.2. The fraction of sp³-hybridized carbons (Fsp3) is 0.188. The van der Waals surface area contributed by atoms with Gasteiger partial charge in [-0.15, -0.1) is 0 Å². The topological polar surface area (TPSA) is 67.6 Å². The van der Waals surface area contributed by atoms with Gasteiger partial charge in [-0.25, -0.2) is 12.8 Å². The van der Waals surface area contributed by atoms with Crippen LogP contribution in [0.2, 0.25) is 0 Å². The Morgan fingerprint density at radius 3 is 2.52 bits per heavy atom. The Bertz CT molecular complexity index is 819. The third-order valence-corrected chi connectivity index (χ3v) is 5.78. The van der Waals surface area contributed by atoms with Crippen molar-refractivity contribution in [2.24, 2.45) is 0 Å². The quantitative estimate of drug-likeness (QED) is 0.634. The minimum absolute atomic E-state index is 0.0714. The van der Waals surface area contributed by atoms with E-state index in [9.17, 15) is 17.6 Å². The lowest BCUT2D eigenvalue weighted by Gasteiger charge is -2.37. The largest absolute Gasteiger partial charge is 0.465 e. The summed E-state index contributed by atoms with van der Waals surface area (Å²) in [5.41, 5.74) is 0. The molecule has 23 heavy (non-hydrogen) atoms. The second kappa shape index (κ2) is 6.00. The van der Waals surface area contributed by atoms with Crippen LogP contribution in [0.3, 0.4) is 0 Å². The zero-order valence-corrected chi connectivity index (χ0v) is 12.9. The van der Waals surface area contributed by atoms with Gasteiger partial charge >= 0.3 is 0 Å². The van der Waals surface area contributed by atoms with E-state index in [1.165, 1.54) is 35.4 Å². The van der Waals surface area contributed by atoms with E-state index in [1.54, 1.807) is 12.1 Å². The van der Waals surface area contributed by atoms with Crippen molar-refractivity contribution in [1.29, 1.82) is 0 Å². The van der Waals surface area contributed by atoms with E-state index >= 15 is 0 Å². The molecule has 1 aliphatic rings. The lowest BCUT2D eigenvalue weighted by atomic mass is 10.2. The number of likely N-dealkylation sites (tertiary alicyclic amines) is 1. The molecule has 2 aromatic rings. The maximum atomic E-state index is 12.9. The Labute approximate surface area is 132 Å². The van der Waals surface area contributed by atoms with Gasteiger partial charge in [-0.05, 0) is 42.5 Å². The van der Waals surface area contributed by atoms with Crippen LogP contribution in [0, 0.1) is 5.82 Å². The molecule has 5 nitrogen and oxygen atoms in total. The average Bonchev–Trinajstić information content (AvgIpc) is 2.97. The molecule has 0 atom stereocenters. The van der Waals surface area contributed by atoms with E-state index in [-0.39, 0.29) is 23.9 Å². The van der Waals surface area contributed by atoms with Crippen molar-refractivity contribution in [1.82, 2.24) is 4.90 Å². The van der Waals surface area contributed by atoms with Gasteiger partial charge in [0.2, 0.25) is 5.91 Å². The van der Waals surface area contributed by atoms with Crippen LogP contribution < -0.4 is 0 Å². The minimum atomic E-state index is -3.55. The van der Waals surface area contributed by atoms with Gasteiger partial charge in [0.15, 0.2) is 9.84 Å². The molecule has 0 bridgehead atoms. The van der Waals surface area contributed by atoms with Gasteiger partial charge in [0.1, 0.15) is 16.8 Å². The molecule has 1 aromatic heterocycles. The molecule has 120 valence electrons. The fourth-order valence-corrected chi connectivity index (χ4v) is 3.93. The van der Waals surface area contributed by atoms with Crippen LogP contribution in [0.5, 0.6) is 0 Å².